The van der Waals surface area contributed by atoms with Gasteiger partial charge in [0.2, 0.25) is 0 Å². The minimum Gasteiger partial charge on any atom is -0.310 e. The second kappa shape index (κ2) is 6.88. The lowest BCUT2D eigenvalue weighted by Crippen LogP contribution is -2.20. The molecular weight excluding hydrogens is 248 g/mol. The molecule has 0 saturated heterocycles. The summed E-state index contributed by atoms with van der Waals surface area (Å²) >= 11 is 0. The Kier molecular flexibility index (Phi) is 4.91. The predicted molar refractivity (Wildman–Crippen MR) is 79.2 cm³/mol. The number of nitrogens with one attached hydrogen (secondary N) is 2. The van der Waals surface area contributed by atoms with E-state index in [-0.39, 0.29) is 0 Å². The SMILES string of the molecule is Cc1[nH]ncc1CCCNC(C)c1ccc(C#N)cc1. The molecule has 0 aliphatic carbocycles. The smallest absolute Gasteiger partial charge is 0.0991 e. The van der Waals surface area contributed by atoms with E-state index < -0.39 is 0 Å². The topological polar surface area (TPSA) is 64.5 Å². The van der Waals surface area contributed by atoms with Crippen molar-refractivity contribution >= 4 is 0 Å². The van der Waals surface area contributed by atoms with Crippen LogP contribution >= 0.6 is 0 Å². The van der Waals surface area contributed by atoms with Crippen LogP contribution in [0.25, 0.3) is 0 Å². The third-order valence-corrected chi connectivity index (χ3v) is 3.55. The number of nitrogens with zero attached hydrogens (tertiary/aromatic N) is 2. The maximum absolute atomic E-state index is 8.78. The summed E-state index contributed by atoms with van der Waals surface area (Å²) in [5.41, 5.74) is 4.36. The van der Waals surface area contributed by atoms with Crippen molar-refractivity contribution in [2.45, 2.75) is 32.7 Å². The Morgan fingerprint density at radius 3 is 2.70 bits per heavy atom. The number of hydrogen-bond acceptors (Lipinski definition) is 3. The molecule has 20 heavy (non-hydrogen) atoms. The van der Waals surface area contributed by atoms with Gasteiger partial charge in [-0.2, -0.15) is 10.4 Å². The van der Waals surface area contributed by atoms with Crippen LogP contribution in [-0.4, -0.2) is 16.7 Å². The molecule has 104 valence electrons. The third kappa shape index (κ3) is 3.69. The Morgan fingerprint density at radius 1 is 1.35 bits per heavy atom. The van der Waals surface area contributed by atoms with Gasteiger partial charge in [-0.3, -0.25) is 5.10 Å². The van der Waals surface area contributed by atoms with Crippen LogP contribution in [0, 0.1) is 18.3 Å². The molecule has 2 aromatic rings. The van der Waals surface area contributed by atoms with Crippen molar-refractivity contribution in [1.82, 2.24) is 15.5 Å². The molecule has 0 amide bonds. The predicted octanol–water partition coefficient (Wildman–Crippen LogP) is 2.87. The number of hydrogen-bond donors (Lipinski definition) is 2. The first kappa shape index (κ1) is 14.3. The number of aromatic nitrogens is 2. The molecule has 0 fully saturated rings. The fourth-order valence-electron chi connectivity index (χ4n) is 2.19. The lowest BCUT2D eigenvalue weighted by atomic mass is 10.1. The molecule has 2 rings (SSSR count). The molecule has 1 heterocycles. The zero-order chi connectivity index (χ0) is 14.4. The Bertz CT molecular complexity index is 577. The lowest BCUT2D eigenvalue weighted by molar-refractivity contribution is 0.558. The standard InChI is InChI=1S/C16H20N4/c1-12(15-7-5-14(10-17)6-8-15)18-9-3-4-16-11-19-20-13(16)2/h5-8,11-12,18H,3-4,9H2,1-2H3,(H,19,20). The van der Waals surface area contributed by atoms with Gasteiger partial charge in [-0.25, -0.2) is 0 Å². The van der Waals surface area contributed by atoms with Gasteiger partial charge in [0.05, 0.1) is 17.8 Å². The van der Waals surface area contributed by atoms with Crippen LogP contribution < -0.4 is 5.32 Å². The number of rotatable bonds is 6. The fourth-order valence-corrected chi connectivity index (χ4v) is 2.19. The highest BCUT2D eigenvalue weighted by molar-refractivity contribution is 5.32. The second-order valence-corrected chi connectivity index (χ2v) is 5.03. The number of aromatic amines is 1. The van der Waals surface area contributed by atoms with E-state index in [1.165, 1.54) is 11.1 Å². The number of benzene rings is 1. The van der Waals surface area contributed by atoms with Crippen LogP contribution in [0.5, 0.6) is 0 Å². The van der Waals surface area contributed by atoms with Crippen LogP contribution in [0.2, 0.25) is 0 Å². The van der Waals surface area contributed by atoms with Crippen molar-refractivity contribution in [3.05, 3.63) is 52.8 Å². The first-order chi connectivity index (χ1) is 9.70. The van der Waals surface area contributed by atoms with E-state index in [4.69, 9.17) is 5.26 Å². The van der Waals surface area contributed by atoms with E-state index in [2.05, 4.69) is 35.4 Å². The molecule has 1 aromatic heterocycles. The molecule has 0 spiro atoms. The van der Waals surface area contributed by atoms with Gasteiger partial charge in [-0.05, 0) is 56.5 Å². The number of nitriles is 1. The number of aryl methyl sites for hydroxylation is 2. The Hall–Kier alpha value is -2.12. The van der Waals surface area contributed by atoms with Gasteiger partial charge in [-0.1, -0.05) is 12.1 Å². The fraction of sp³-hybridized carbons (Fsp3) is 0.375. The summed E-state index contributed by atoms with van der Waals surface area (Å²) < 4.78 is 0. The van der Waals surface area contributed by atoms with Gasteiger partial charge in [0, 0.05) is 11.7 Å². The highest BCUT2D eigenvalue weighted by Crippen LogP contribution is 2.13. The summed E-state index contributed by atoms with van der Waals surface area (Å²) in [5, 5.41) is 19.3. The van der Waals surface area contributed by atoms with Gasteiger partial charge < -0.3 is 5.32 Å². The van der Waals surface area contributed by atoms with Crippen molar-refractivity contribution in [1.29, 1.82) is 5.26 Å². The van der Waals surface area contributed by atoms with E-state index in [1.807, 2.05) is 30.5 Å². The molecule has 1 unspecified atom stereocenters. The van der Waals surface area contributed by atoms with E-state index in [0.717, 1.165) is 25.1 Å². The van der Waals surface area contributed by atoms with Gasteiger partial charge >= 0.3 is 0 Å². The summed E-state index contributed by atoms with van der Waals surface area (Å²) in [7, 11) is 0. The van der Waals surface area contributed by atoms with Crippen LogP contribution in [-0.2, 0) is 6.42 Å². The van der Waals surface area contributed by atoms with Crippen LogP contribution in [0.1, 0.15) is 41.8 Å². The first-order valence-corrected chi connectivity index (χ1v) is 6.93. The summed E-state index contributed by atoms with van der Waals surface area (Å²) in [4.78, 5) is 0. The average Bonchev–Trinajstić information content (AvgIpc) is 2.89. The van der Waals surface area contributed by atoms with Gasteiger partial charge in [-0.15, -0.1) is 0 Å². The molecule has 1 atom stereocenters. The Balaban J connectivity index is 1.76. The molecule has 2 N–H and O–H groups in total. The molecule has 4 nitrogen and oxygen atoms in total. The van der Waals surface area contributed by atoms with Gasteiger partial charge in [0.25, 0.3) is 0 Å². The molecule has 0 bridgehead atoms. The van der Waals surface area contributed by atoms with Crippen LogP contribution in [0.3, 0.4) is 0 Å². The average molecular weight is 268 g/mol. The molecule has 0 radical (unpaired) electrons. The highest BCUT2D eigenvalue weighted by Gasteiger charge is 2.05. The molecule has 1 aromatic carbocycles. The Morgan fingerprint density at radius 2 is 2.10 bits per heavy atom. The summed E-state index contributed by atoms with van der Waals surface area (Å²) in [5.74, 6) is 0. The highest BCUT2D eigenvalue weighted by atomic mass is 15.1. The van der Waals surface area contributed by atoms with Gasteiger partial charge in [0.1, 0.15) is 0 Å². The van der Waals surface area contributed by atoms with Crippen molar-refractivity contribution in [2.75, 3.05) is 6.54 Å². The van der Waals surface area contributed by atoms with Crippen LogP contribution in [0.4, 0.5) is 0 Å². The van der Waals surface area contributed by atoms with Crippen molar-refractivity contribution in [2.24, 2.45) is 0 Å². The summed E-state index contributed by atoms with van der Waals surface area (Å²) in [6.07, 6.45) is 4.02. The van der Waals surface area contributed by atoms with Crippen molar-refractivity contribution < 1.29 is 0 Å². The van der Waals surface area contributed by atoms with E-state index in [0.29, 0.717) is 11.6 Å². The largest absolute Gasteiger partial charge is 0.310 e. The van der Waals surface area contributed by atoms with E-state index in [9.17, 15) is 0 Å². The van der Waals surface area contributed by atoms with E-state index >= 15 is 0 Å². The maximum Gasteiger partial charge on any atom is 0.0991 e. The molecule has 0 saturated carbocycles. The molecule has 4 heteroatoms. The third-order valence-electron chi connectivity index (χ3n) is 3.55. The molecule has 0 aliphatic rings. The monoisotopic (exact) mass is 268 g/mol. The summed E-state index contributed by atoms with van der Waals surface area (Å²) in [6.45, 7) is 5.16. The maximum atomic E-state index is 8.78. The molecular formula is C16H20N4. The second-order valence-electron chi connectivity index (χ2n) is 5.03. The zero-order valence-electron chi connectivity index (χ0n) is 12.0. The van der Waals surface area contributed by atoms with E-state index in [1.54, 1.807) is 0 Å². The number of H-pyrrole nitrogens is 1. The van der Waals surface area contributed by atoms with Gasteiger partial charge in [0.15, 0.2) is 0 Å². The van der Waals surface area contributed by atoms with Crippen molar-refractivity contribution in [3.63, 3.8) is 0 Å². The lowest BCUT2D eigenvalue weighted by Gasteiger charge is -2.14. The molecule has 0 aliphatic heterocycles. The normalized spacial score (nSPS) is 12.1. The quantitative estimate of drug-likeness (QED) is 0.792. The first-order valence-electron chi connectivity index (χ1n) is 6.93. The van der Waals surface area contributed by atoms with Crippen molar-refractivity contribution in [3.8, 4) is 6.07 Å². The Labute approximate surface area is 119 Å². The van der Waals surface area contributed by atoms with Crippen LogP contribution in [0.15, 0.2) is 30.5 Å². The summed E-state index contributed by atoms with van der Waals surface area (Å²) in [6, 6.07) is 10.2. The minimum absolute atomic E-state index is 0.299. The minimum atomic E-state index is 0.299. The zero-order valence-corrected chi connectivity index (χ0v) is 12.0.